The van der Waals surface area contributed by atoms with Gasteiger partial charge in [0.1, 0.15) is 12.7 Å². The number of hydrogen-bond acceptors (Lipinski definition) is 6. The first kappa shape index (κ1) is 11.5. The molecule has 0 aromatic rings. The van der Waals surface area contributed by atoms with Gasteiger partial charge in [-0.3, -0.25) is 4.79 Å². The minimum atomic E-state index is -2.07. The number of ether oxygens (including phenoxy) is 1. The SMILES string of the molecule is O=C(CO)CC1(O)OCCC(O)C1O. The Bertz CT molecular complexity index is 218. The molecule has 0 aromatic heterocycles. The molecule has 0 saturated carbocycles. The van der Waals surface area contributed by atoms with Gasteiger partial charge in [0.05, 0.1) is 19.1 Å². The molecule has 1 heterocycles. The Labute approximate surface area is 80.7 Å². The molecule has 1 saturated heterocycles. The number of Topliss-reactive ketones (excluding diaryl/α,β-unsaturated/α-hetero) is 1. The molecule has 0 amide bonds. The van der Waals surface area contributed by atoms with E-state index in [9.17, 15) is 20.1 Å². The van der Waals surface area contributed by atoms with Crippen LogP contribution in [0.5, 0.6) is 0 Å². The zero-order valence-electron chi connectivity index (χ0n) is 7.59. The maximum Gasteiger partial charge on any atom is 0.201 e. The molecule has 1 aliphatic heterocycles. The molecule has 0 aliphatic carbocycles. The van der Waals surface area contributed by atoms with E-state index in [4.69, 9.17) is 9.84 Å². The van der Waals surface area contributed by atoms with E-state index in [0.29, 0.717) is 0 Å². The van der Waals surface area contributed by atoms with Crippen molar-refractivity contribution in [2.24, 2.45) is 0 Å². The van der Waals surface area contributed by atoms with E-state index in [-0.39, 0.29) is 13.0 Å². The molecule has 82 valence electrons. The Kier molecular flexibility index (Phi) is 3.57. The summed E-state index contributed by atoms with van der Waals surface area (Å²) in [6.07, 6.45) is -2.95. The molecular weight excluding hydrogens is 192 g/mol. The smallest absolute Gasteiger partial charge is 0.201 e. The van der Waals surface area contributed by atoms with Crippen LogP contribution >= 0.6 is 0 Å². The summed E-state index contributed by atoms with van der Waals surface area (Å²) in [4.78, 5) is 10.9. The van der Waals surface area contributed by atoms with Gasteiger partial charge in [-0.25, -0.2) is 0 Å². The van der Waals surface area contributed by atoms with Gasteiger partial charge in [-0.15, -0.1) is 0 Å². The Morgan fingerprint density at radius 3 is 2.71 bits per heavy atom. The largest absolute Gasteiger partial charge is 0.390 e. The van der Waals surface area contributed by atoms with Crippen molar-refractivity contribution in [2.45, 2.75) is 30.8 Å². The van der Waals surface area contributed by atoms with Crippen molar-refractivity contribution in [2.75, 3.05) is 13.2 Å². The Hall–Kier alpha value is -0.530. The molecule has 14 heavy (non-hydrogen) atoms. The molecule has 3 atom stereocenters. The van der Waals surface area contributed by atoms with Crippen LogP contribution in [0.2, 0.25) is 0 Å². The van der Waals surface area contributed by atoms with E-state index >= 15 is 0 Å². The minimum Gasteiger partial charge on any atom is -0.390 e. The Morgan fingerprint density at radius 1 is 1.50 bits per heavy atom. The first-order valence-electron chi connectivity index (χ1n) is 4.34. The third kappa shape index (κ3) is 2.28. The quantitative estimate of drug-likeness (QED) is 0.416. The molecule has 1 fully saturated rings. The van der Waals surface area contributed by atoms with Crippen LogP contribution in [0, 0.1) is 0 Å². The number of ketones is 1. The summed E-state index contributed by atoms with van der Waals surface area (Å²) in [6.45, 7) is -0.665. The van der Waals surface area contributed by atoms with Crippen LogP contribution in [-0.2, 0) is 9.53 Å². The maximum absolute atomic E-state index is 10.9. The molecule has 0 aromatic carbocycles. The molecule has 6 heteroatoms. The van der Waals surface area contributed by atoms with Crippen LogP contribution in [0.3, 0.4) is 0 Å². The number of hydrogen-bond donors (Lipinski definition) is 4. The highest BCUT2D eigenvalue weighted by Crippen LogP contribution is 2.26. The maximum atomic E-state index is 10.9. The zero-order valence-corrected chi connectivity index (χ0v) is 7.59. The second-order valence-corrected chi connectivity index (χ2v) is 3.37. The molecule has 0 radical (unpaired) electrons. The predicted molar refractivity (Wildman–Crippen MR) is 44.2 cm³/mol. The standard InChI is InChI=1S/C8H14O6/c9-4-5(10)3-8(13)7(12)6(11)1-2-14-8/h6-7,9,11-13H,1-4H2. The van der Waals surface area contributed by atoms with Crippen molar-refractivity contribution in [1.29, 1.82) is 0 Å². The van der Waals surface area contributed by atoms with Crippen LogP contribution in [0.15, 0.2) is 0 Å². The average Bonchev–Trinajstić information content (AvgIpc) is 2.14. The normalized spacial score (nSPS) is 38.3. The summed E-state index contributed by atoms with van der Waals surface area (Å²) in [5.41, 5.74) is 0. The van der Waals surface area contributed by atoms with E-state index in [0.717, 1.165) is 0 Å². The summed E-state index contributed by atoms with van der Waals surface area (Å²) in [5.74, 6) is -2.72. The van der Waals surface area contributed by atoms with Crippen molar-refractivity contribution in [3.05, 3.63) is 0 Å². The van der Waals surface area contributed by atoms with Gasteiger partial charge in [0.15, 0.2) is 5.78 Å². The van der Waals surface area contributed by atoms with Crippen molar-refractivity contribution in [3.8, 4) is 0 Å². The van der Waals surface area contributed by atoms with Gasteiger partial charge in [-0.2, -0.15) is 0 Å². The van der Waals surface area contributed by atoms with Crippen molar-refractivity contribution < 1.29 is 30.0 Å². The summed E-state index contributed by atoms with van der Waals surface area (Å²) < 4.78 is 4.83. The van der Waals surface area contributed by atoms with Crippen LogP contribution in [0.1, 0.15) is 12.8 Å². The summed E-state index contributed by atoms with van der Waals surface area (Å²) in [6, 6.07) is 0. The Morgan fingerprint density at radius 2 is 2.14 bits per heavy atom. The van der Waals surface area contributed by atoms with Gasteiger partial charge < -0.3 is 25.2 Å². The van der Waals surface area contributed by atoms with Crippen molar-refractivity contribution >= 4 is 5.78 Å². The topological polar surface area (TPSA) is 107 Å². The molecule has 1 aliphatic rings. The summed E-state index contributed by atoms with van der Waals surface area (Å²) >= 11 is 0. The Balaban J connectivity index is 2.65. The lowest BCUT2D eigenvalue weighted by Gasteiger charge is -2.38. The van der Waals surface area contributed by atoms with Crippen LogP contribution in [0.25, 0.3) is 0 Å². The van der Waals surface area contributed by atoms with E-state index in [2.05, 4.69) is 0 Å². The zero-order chi connectivity index (χ0) is 10.8. The molecular formula is C8H14O6. The second-order valence-electron chi connectivity index (χ2n) is 3.37. The number of carbonyl (C=O) groups is 1. The third-order valence-corrected chi connectivity index (χ3v) is 2.22. The van der Waals surface area contributed by atoms with E-state index in [1.807, 2.05) is 0 Å². The van der Waals surface area contributed by atoms with Gasteiger partial charge in [-0.1, -0.05) is 0 Å². The highest BCUT2D eigenvalue weighted by atomic mass is 16.6. The second kappa shape index (κ2) is 4.33. The molecule has 4 N–H and O–H groups in total. The lowest BCUT2D eigenvalue weighted by Crippen LogP contribution is -2.56. The summed E-state index contributed by atoms with van der Waals surface area (Å²) in [7, 11) is 0. The average molecular weight is 206 g/mol. The molecule has 1 rings (SSSR count). The van der Waals surface area contributed by atoms with Gasteiger partial charge in [0.25, 0.3) is 0 Å². The van der Waals surface area contributed by atoms with Gasteiger partial charge >= 0.3 is 0 Å². The fourth-order valence-corrected chi connectivity index (χ4v) is 1.39. The molecule has 3 unspecified atom stereocenters. The number of rotatable bonds is 3. The third-order valence-electron chi connectivity index (χ3n) is 2.22. The molecule has 0 spiro atoms. The highest BCUT2D eigenvalue weighted by Gasteiger charge is 2.45. The fraction of sp³-hybridized carbons (Fsp3) is 0.875. The van der Waals surface area contributed by atoms with Gasteiger partial charge in [0, 0.05) is 0 Å². The lowest BCUT2D eigenvalue weighted by atomic mass is 9.95. The lowest BCUT2D eigenvalue weighted by molar-refractivity contribution is -0.298. The summed E-state index contributed by atoms with van der Waals surface area (Å²) in [5, 5.41) is 36.7. The molecule has 6 nitrogen and oxygen atoms in total. The number of aliphatic hydroxyl groups is 4. The predicted octanol–water partition coefficient (Wildman–Crippen LogP) is -2.23. The first-order valence-corrected chi connectivity index (χ1v) is 4.34. The van der Waals surface area contributed by atoms with Crippen LogP contribution in [-0.4, -0.2) is 57.4 Å². The number of carbonyl (C=O) groups excluding carboxylic acids is 1. The van der Waals surface area contributed by atoms with E-state index in [1.165, 1.54) is 0 Å². The van der Waals surface area contributed by atoms with Crippen LogP contribution in [0.4, 0.5) is 0 Å². The van der Waals surface area contributed by atoms with Crippen molar-refractivity contribution in [1.82, 2.24) is 0 Å². The fourth-order valence-electron chi connectivity index (χ4n) is 1.39. The van der Waals surface area contributed by atoms with Crippen molar-refractivity contribution in [3.63, 3.8) is 0 Å². The van der Waals surface area contributed by atoms with Gasteiger partial charge in [-0.05, 0) is 6.42 Å². The first-order chi connectivity index (χ1) is 6.49. The van der Waals surface area contributed by atoms with E-state index in [1.54, 1.807) is 0 Å². The minimum absolute atomic E-state index is 0.0629. The monoisotopic (exact) mass is 206 g/mol. The van der Waals surface area contributed by atoms with Crippen LogP contribution < -0.4 is 0 Å². The van der Waals surface area contributed by atoms with E-state index < -0.39 is 36.8 Å². The molecule has 0 bridgehead atoms. The van der Waals surface area contributed by atoms with Gasteiger partial charge in [0.2, 0.25) is 5.79 Å². The number of aliphatic hydroxyl groups excluding tert-OH is 3. The highest BCUT2D eigenvalue weighted by molar-refractivity contribution is 5.80.